The van der Waals surface area contributed by atoms with Gasteiger partial charge in [0.05, 0.1) is 0 Å². The topological polar surface area (TPSA) is 94.2 Å². The Morgan fingerprint density at radius 2 is 1.57 bits per heavy atom. The molecule has 0 bridgehead atoms. The van der Waals surface area contributed by atoms with E-state index in [0.29, 0.717) is 17.1 Å². The van der Waals surface area contributed by atoms with Crippen LogP contribution in [0.2, 0.25) is 0 Å². The normalized spacial score (nSPS) is 18.2. The van der Waals surface area contributed by atoms with E-state index in [1.54, 1.807) is 20.8 Å². The largest absolute Gasteiger partial charge is 0.489 e. The maximum absolute atomic E-state index is 14.0. The molecular weight excluding hydrogens is 559 g/mol. The fraction of sp³-hybridized carbons (Fsp3) is 0.281. The first kappa shape index (κ1) is 29.2. The first-order valence-electron chi connectivity index (χ1n) is 13.5. The van der Waals surface area contributed by atoms with Gasteiger partial charge in [0.2, 0.25) is 0 Å². The molecule has 0 saturated carbocycles. The highest BCUT2D eigenvalue weighted by molar-refractivity contribution is 8.00. The van der Waals surface area contributed by atoms with Gasteiger partial charge in [-0.15, -0.1) is 11.8 Å². The minimum atomic E-state index is -0.869. The molecule has 10 heteroatoms. The number of thioether (sulfide) groups is 1. The van der Waals surface area contributed by atoms with Crippen LogP contribution < -0.4 is 10.1 Å². The molecule has 1 fully saturated rings. The summed E-state index contributed by atoms with van der Waals surface area (Å²) in [6.07, 6.45) is -1.44. The van der Waals surface area contributed by atoms with Crippen molar-refractivity contribution in [2.24, 2.45) is 0 Å². The van der Waals surface area contributed by atoms with Gasteiger partial charge in [-0.2, -0.15) is 0 Å². The van der Waals surface area contributed by atoms with Gasteiger partial charge in [-0.3, -0.25) is 9.69 Å². The Labute approximate surface area is 247 Å². The molecule has 3 aromatic carbocycles. The Kier molecular flexibility index (Phi) is 8.54. The van der Waals surface area contributed by atoms with Crippen LogP contribution in [0.25, 0.3) is 0 Å². The van der Waals surface area contributed by atoms with E-state index in [9.17, 15) is 18.8 Å². The number of rotatable bonds is 8. The highest BCUT2D eigenvalue weighted by Crippen LogP contribution is 2.42. The highest BCUT2D eigenvalue weighted by atomic mass is 32.2. The average Bonchev–Trinajstić information content (AvgIpc) is 2.97. The Hall–Kier alpha value is -4.31. The van der Waals surface area contributed by atoms with Crippen LogP contribution >= 0.6 is 11.8 Å². The minimum absolute atomic E-state index is 0.0228. The van der Waals surface area contributed by atoms with Crippen LogP contribution in [0.4, 0.5) is 9.18 Å². The van der Waals surface area contributed by atoms with Gasteiger partial charge in [0.25, 0.3) is 5.91 Å². The number of ether oxygens (including phenoxy) is 3. The molecule has 0 spiro atoms. The van der Waals surface area contributed by atoms with Crippen molar-refractivity contribution in [1.82, 2.24) is 10.2 Å². The maximum Gasteiger partial charge on any atom is 0.408 e. The first-order chi connectivity index (χ1) is 20.1. The van der Waals surface area contributed by atoms with E-state index in [0.717, 1.165) is 11.1 Å². The van der Waals surface area contributed by atoms with E-state index in [1.807, 2.05) is 60.7 Å². The number of benzene rings is 3. The number of hydrogen-bond acceptors (Lipinski definition) is 7. The second-order valence-corrected chi connectivity index (χ2v) is 11.9. The summed E-state index contributed by atoms with van der Waals surface area (Å²) in [5.41, 5.74) is 1.41. The van der Waals surface area contributed by atoms with E-state index in [1.165, 1.54) is 40.9 Å². The monoisotopic (exact) mass is 590 g/mol. The van der Waals surface area contributed by atoms with Gasteiger partial charge in [-0.1, -0.05) is 60.7 Å². The molecule has 1 N–H and O–H groups in total. The molecule has 2 atom stereocenters. The van der Waals surface area contributed by atoms with E-state index in [2.05, 4.69) is 5.32 Å². The Bertz CT molecular complexity index is 1430. The highest BCUT2D eigenvalue weighted by Gasteiger charge is 2.55. The van der Waals surface area contributed by atoms with Crippen LogP contribution in [0.1, 0.15) is 38.0 Å². The van der Waals surface area contributed by atoms with E-state index < -0.39 is 46.9 Å². The summed E-state index contributed by atoms with van der Waals surface area (Å²) in [6, 6.07) is 23.3. The summed E-state index contributed by atoms with van der Waals surface area (Å²) >= 11 is 1.39. The lowest BCUT2D eigenvalue weighted by atomic mass is 10.0. The number of nitrogens with zero attached hydrogens (tertiary/aromatic N) is 1. The fourth-order valence-corrected chi connectivity index (χ4v) is 5.99. The molecule has 0 radical (unpaired) electrons. The van der Waals surface area contributed by atoms with Gasteiger partial charge < -0.3 is 19.5 Å². The number of fused-ring (bicyclic) bond motifs is 1. The van der Waals surface area contributed by atoms with Gasteiger partial charge in [-0.05, 0) is 56.2 Å². The van der Waals surface area contributed by atoms with Crippen LogP contribution in [0.5, 0.6) is 5.75 Å². The Balaban J connectivity index is 1.44. The van der Waals surface area contributed by atoms with E-state index >= 15 is 0 Å². The zero-order valence-electron chi connectivity index (χ0n) is 23.4. The summed E-state index contributed by atoms with van der Waals surface area (Å²) in [5, 5.41) is 2.10. The number of nitrogens with one attached hydrogen (secondary N) is 1. The molecule has 2 heterocycles. The van der Waals surface area contributed by atoms with Crippen molar-refractivity contribution in [1.29, 1.82) is 0 Å². The van der Waals surface area contributed by atoms with Crippen molar-refractivity contribution < 1.29 is 33.0 Å². The number of carbonyl (C=O) groups is 3. The lowest BCUT2D eigenvalue weighted by Crippen LogP contribution is -2.71. The summed E-state index contributed by atoms with van der Waals surface area (Å²) in [5.74, 6) is -0.799. The SMILES string of the molecule is CC(C)(C)OC(=O)NC1C(=O)N2C(C(=O)OC(c3ccccc3)c3ccccc3)=C(COc3ccc(F)cc3)CS[C@@H]12. The van der Waals surface area contributed by atoms with Gasteiger partial charge in [-0.25, -0.2) is 14.0 Å². The molecule has 0 aliphatic carbocycles. The minimum Gasteiger partial charge on any atom is -0.489 e. The smallest absolute Gasteiger partial charge is 0.408 e. The van der Waals surface area contributed by atoms with Crippen LogP contribution in [0, 0.1) is 5.82 Å². The van der Waals surface area contributed by atoms with Crippen molar-refractivity contribution in [2.45, 2.75) is 43.9 Å². The lowest BCUT2D eigenvalue weighted by molar-refractivity contribution is -0.153. The quantitative estimate of drug-likeness (QED) is 0.270. The third kappa shape index (κ3) is 6.60. The van der Waals surface area contributed by atoms with Crippen LogP contribution in [-0.2, 0) is 19.1 Å². The lowest BCUT2D eigenvalue weighted by Gasteiger charge is -2.49. The molecule has 3 aromatic rings. The summed E-state index contributed by atoms with van der Waals surface area (Å²) < 4.78 is 30.7. The fourth-order valence-electron chi connectivity index (χ4n) is 4.67. The van der Waals surface area contributed by atoms with Gasteiger partial charge in [0.15, 0.2) is 6.10 Å². The average molecular weight is 591 g/mol. The summed E-state index contributed by atoms with van der Waals surface area (Å²) in [4.78, 5) is 41.2. The number of carbonyl (C=O) groups excluding carboxylic acids is 3. The molecule has 218 valence electrons. The molecule has 2 aliphatic heterocycles. The third-order valence-electron chi connectivity index (χ3n) is 6.57. The van der Waals surface area contributed by atoms with Crippen molar-refractivity contribution in [2.75, 3.05) is 12.4 Å². The van der Waals surface area contributed by atoms with Gasteiger partial charge in [0.1, 0.15) is 40.9 Å². The molecule has 0 aromatic heterocycles. The second kappa shape index (κ2) is 12.3. The van der Waals surface area contributed by atoms with Crippen molar-refractivity contribution in [3.63, 3.8) is 0 Å². The summed E-state index contributed by atoms with van der Waals surface area (Å²) in [7, 11) is 0. The predicted octanol–water partition coefficient (Wildman–Crippen LogP) is 5.60. The molecule has 5 rings (SSSR count). The standard InChI is InChI=1S/C32H31FN2O6S/c1-32(2,3)41-31(38)34-25-28(36)35-26(22(19-42-29(25)35)18-39-24-16-14-23(33)15-17-24)30(37)40-27(20-10-6-4-7-11-20)21-12-8-5-9-13-21/h4-17,25,27,29H,18-19H2,1-3H3,(H,34,38)/t25?,29-/m0/s1. The number of esters is 1. The molecular formula is C32H31FN2O6S. The van der Waals surface area contributed by atoms with Gasteiger partial charge in [0, 0.05) is 11.3 Å². The molecule has 8 nitrogen and oxygen atoms in total. The number of alkyl carbamates (subject to hydrolysis) is 1. The maximum atomic E-state index is 14.0. The predicted molar refractivity (Wildman–Crippen MR) is 156 cm³/mol. The van der Waals surface area contributed by atoms with Crippen LogP contribution in [0.3, 0.4) is 0 Å². The van der Waals surface area contributed by atoms with Crippen molar-refractivity contribution in [3.8, 4) is 5.75 Å². The second-order valence-electron chi connectivity index (χ2n) is 10.8. The molecule has 42 heavy (non-hydrogen) atoms. The molecule has 2 aliphatic rings. The number of amides is 2. The van der Waals surface area contributed by atoms with Crippen molar-refractivity contribution in [3.05, 3.63) is 113 Å². The number of halogens is 1. The van der Waals surface area contributed by atoms with E-state index in [-0.39, 0.29) is 12.3 Å². The number of hydrogen-bond donors (Lipinski definition) is 1. The summed E-state index contributed by atoms with van der Waals surface area (Å²) in [6.45, 7) is 5.18. The Morgan fingerprint density at radius 3 is 2.14 bits per heavy atom. The van der Waals surface area contributed by atoms with Crippen LogP contribution in [0.15, 0.2) is 96.2 Å². The molecule has 1 unspecified atom stereocenters. The van der Waals surface area contributed by atoms with E-state index in [4.69, 9.17) is 14.2 Å². The number of β-lactam (4-membered cyclic amide) rings is 1. The first-order valence-corrected chi connectivity index (χ1v) is 14.5. The van der Waals surface area contributed by atoms with Crippen molar-refractivity contribution >= 4 is 29.7 Å². The van der Waals surface area contributed by atoms with Crippen LogP contribution in [-0.4, -0.2) is 52.2 Å². The molecule has 1 saturated heterocycles. The zero-order valence-corrected chi connectivity index (χ0v) is 24.2. The van der Waals surface area contributed by atoms with Gasteiger partial charge >= 0.3 is 12.1 Å². The molecule has 2 amide bonds. The Morgan fingerprint density at radius 1 is 0.976 bits per heavy atom. The third-order valence-corrected chi connectivity index (χ3v) is 7.91. The zero-order chi connectivity index (χ0) is 29.9.